The fourth-order valence-corrected chi connectivity index (χ4v) is 2.50. The minimum Gasteiger partial charge on any atom is -0.380 e. The average molecular weight is 303 g/mol. The molecule has 0 aliphatic carbocycles. The molecule has 22 heavy (non-hydrogen) atoms. The zero-order valence-electron chi connectivity index (χ0n) is 13.5. The van der Waals surface area contributed by atoms with Crippen molar-refractivity contribution in [2.45, 2.75) is 39.7 Å². The molecular weight excluding hydrogens is 278 g/mol. The van der Waals surface area contributed by atoms with Crippen LogP contribution in [0.3, 0.4) is 0 Å². The van der Waals surface area contributed by atoms with Crippen LogP contribution >= 0.6 is 0 Å². The van der Waals surface area contributed by atoms with Crippen molar-refractivity contribution in [1.29, 1.82) is 0 Å². The molecule has 120 valence electrons. The van der Waals surface area contributed by atoms with Gasteiger partial charge in [-0.15, -0.1) is 0 Å². The Morgan fingerprint density at radius 3 is 2.91 bits per heavy atom. The van der Waals surface area contributed by atoms with E-state index in [1.807, 2.05) is 32.0 Å². The highest BCUT2D eigenvalue weighted by Gasteiger charge is 2.10. The van der Waals surface area contributed by atoms with Crippen molar-refractivity contribution in [3.8, 4) is 0 Å². The van der Waals surface area contributed by atoms with E-state index >= 15 is 0 Å². The first-order valence-electron chi connectivity index (χ1n) is 8.04. The number of benzene rings is 1. The molecule has 0 bridgehead atoms. The molecule has 1 aromatic heterocycles. The summed E-state index contributed by atoms with van der Waals surface area (Å²) in [6.07, 6.45) is 2.19. The molecule has 1 aromatic carbocycles. The summed E-state index contributed by atoms with van der Waals surface area (Å²) in [7, 11) is 0. The monoisotopic (exact) mass is 303 g/mol. The van der Waals surface area contributed by atoms with Gasteiger partial charge in [0.25, 0.3) is 0 Å². The third kappa shape index (κ3) is 4.31. The second kappa shape index (κ2) is 8.54. The smallest absolute Gasteiger partial charge is 0.219 e. The molecule has 0 aliphatic rings. The van der Waals surface area contributed by atoms with Crippen molar-refractivity contribution in [2.24, 2.45) is 0 Å². The van der Waals surface area contributed by atoms with Crippen molar-refractivity contribution >= 4 is 16.9 Å². The number of fused-ring (bicyclic) bond motifs is 1. The first-order valence-corrected chi connectivity index (χ1v) is 8.04. The second-order valence-electron chi connectivity index (χ2n) is 5.22. The lowest BCUT2D eigenvalue weighted by Crippen LogP contribution is -2.26. The molecule has 0 radical (unpaired) electrons. The van der Waals surface area contributed by atoms with Crippen LogP contribution < -0.4 is 5.32 Å². The first-order chi connectivity index (χ1) is 10.8. The quantitative estimate of drug-likeness (QED) is 0.724. The van der Waals surface area contributed by atoms with Crippen LogP contribution in [-0.2, 0) is 22.5 Å². The van der Waals surface area contributed by atoms with Crippen LogP contribution in [0.5, 0.6) is 0 Å². The SMILES string of the molecule is CCCC(=O)NCCc1nc2ccccc2n1CCOCC. The minimum atomic E-state index is 0.111. The highest BCUT2D eigenvalue weighted by atomic mass is 16.5. The molecule has 0 fully saturated rings. The van der Waals surface area contributed by atoms with Crippen molar-refractivity contribution < 1.29 is 9.53 Å². The Morgan fingerprint density at radius 1 is 1.32 bits per heavy atom. The van der Waals surface area contributed by atoms with E-state index in [0.29, 0.717) is 19.6 Å². The molecule has 0 aliphatic heterocycles. The molecule has 5 nitrogen and oxygen atoms in total. The van der Waals surface area contributed by atoms with Crippen LogP contribution in [0.2, 0.25) is 0 Å². The summed E-state index contributed by atoms with van der Waals surface area (Å²) in [5.74, 6) is 1.11. The number of hydrogen-bond donors (Lipinski definition) is 1. The average Bonchev–Trinajstić information content (AvgIpc) is 2.86. The van der Waals surface area contributed by atoms with Gasteiger partial charge >= 0.3 is 0 Å². The molecule has 5 heteroatoms. The molecular formula is C17H25N3O2. The van der Waals surface area contributed by atoms with E-state index in [9.17, 15) is 4.79 Å². The number of ether oxygens (including phenoxy) is 1. The lowest BCUT2D eigenvalue weighted by molar-refractivity contribution is -0.121. The van der Waals surface area contributed by atoms with E-state index in [0.717, 1.165) is 42.9 Å². The maximum atomic E-state index is 11.5. The van der Waals surface area contributed by atoms with Gasteiger partial charge in [-0.1, -0.05) is 19.1 Å². The van der Waals surface area contributed by atoms with Gasteiger partial charge in [0.1, 0.15) is 5.82 Å². The van der Waals surface area contributed by atoms with E-state index in [4.69, 9.17) is 9.72 Å². The fourth-order valence-electron chi connectivity index (χ4n) is 2.50. The van der Waals surface area contributed by atoms with Gasteiger partial charge in [0.15, 0.2) is 0 Å². The highest BCUT2D eigenvalue weighted by Crippen LogP contribution is 2.16. The van der Waals surface area contributed by atoms with Gasteiger partial charge in [-0.05, 0) is 25.5 Å². The van der Waals surface area contributed by atoms with E-state index in [-0.39, 0.29) is 5.91 Å². The third-order valence-electron chi connectivity index (χ3n) is 3.54. The number of amides is 1. The number of carbonyl (C=O) groups excluding carboxylic acids is 1. The standard InChI is InChI=1S/C17H25N3O2/c1-3-7-17(21)18-11-10-16-19-14-8-5-6-9-15(14)20(16)12-13-22-4-2/h5-6,8-9H,3-4,7,10-13H2,1-2H3,(H,18,21). The molecule has 1 amide bonds. The molecule has 0 spiro atoms. The summed E-state index contributed by atoms with van der Waals surface area (Å²) in [4.78, 5) is 16.2. The third-order valence-corrected chi connectivity index (χ3v) is 3.54. The summed E-state index contributed by atoms with van der Waals surface area (Å²) < 4.78 is 7.66. The summed E-state index contributed by atoms with van der Waals surface area (Å²) in [5.41, 5.74) is 2.12. The number of carbonyl (C=O) groups is 1. The Balaban J connectivity index is 2.06. The second-order valence-corrected chi connectivity index (χ2v) is 5.22. The maximum absolute atomic E-state index is 11.5. The summed E-state index contributed by atoms with van der Waals surface area (Å²) in [6, 6.07) is 8.11. The Morgan fingerprint density at radius 2 is 2.14 bits per heavy atom. The molecule has 2 aromatic rings. The van der Waals surface area contributed by atoms with Gasteiger partial charge in [-0.25, -0.2) is 4.98 Å². The Bertz CT molecular complexity index is 607. The highest BCUT2D eigenvalue weighted by molar-refractivity contribution is 5.76. The molecule has 0 atom stereocenters. The molecule has 2 rings (SSSR count). The zero-order valence-corrected chi connectivity index (χ0v) is 13.5. The number of imidazole rings is 1. The number of hydrogen-bond acceptors (Lipinski definition) is 3. The van der Waals surface area contributed by atoms with Gasteiger partial charge in [0.2, 0.25) is 5.91 Å². The van der Waals surface area contributed by atoms with E-state index < -0.39 is 0 Å². The van der Waals surface area contributed by atoms with Crippen LogP contribution in [0, 0.1) is 0 Å². The van der Waals surface area contributed by atoms with E-state index in [1.165, 1.54) is 0 Å². The van der Waals surface area contributed by atoms with Crippen molar-refractivity contribution in [3.05, 3.63) is 30.1 Å². The Kier molecular flexibility index (Phi) is 6.40. The van der Waals surface area contributed by atoms with Gasteiger partial charge in [0, 0.05) is 32.5 Å². The number of rotatable bonds is 9. The van der Waals surface area contributed by atoms with Crippen LogP contribution in [0.15, 0.2) is 24.3 Å². The molecule has 1 N–H and O–H groups in total. The molecule has 0 saturated carbocycles. The van der Waals surface area contributed by atoms with E-state index in [1.54, 1.807) is 0 Å². The summed E-state index contributed by atoms with van der Waals surface area (Å²) in [6.45, 7) is 6.80. The molecule has 0 saturated heterocycles. The largest absolute Gasteiger partial charge is 0.380 e. The predicted molar refractivity (Wildman–Crippen MR) is 87.8 cm³/mol. The number of aromatic nitrogens is 2. The summed E-state index contributed by atoms with van der Waals surface area (Å²) in [5, 5.41) is 2.95. The van der Waals surface area contributed by atoms with Gasteiger partial charge < -0.3 is 14.6 Å². The van der Waals surface area contributed by atoms with Crippen LogP contribution in [0.25, 0.3) is 11.0 Å². The molecule has 1 heterocycles. The number of nitrogens with zero attached hydrogens (tertiary/aromatic N) is 2. The Labute approximate surface area is 131 Å². The lowest BCUT2D eigenvalue weighted by Gasteiger charge is -2.10. The minimum absolute atomic E-state index is 0.111. The Hall–Kier alpha value is -1.88. The van der Waals surface area contributed by atoms with Crippen molar-refractivity contribution in [2.75, 3.05) is 19.8 Å². The predicted octanol–water partition coefficient (Wildman–Crippen LogP) is 2.53. The van der Waals surface area contributed by atoms with Crippen LogP contribution in [0.4, 0.5) is 0 Å². The molecule has 0 unspecified atom stereocenters. The lowest BCUT2D eigenvalue weighted by atomic mass is 10.3. The number of para-hydroxylation sites is 2. The van der Waals surface area contributed by atoms with Crippen LogP contribution in [0.1, 0.15) is 32.5 Å². The van der Waals surface area contributed by atoms with Gasteiger partial charge in [-0.2, -0.15) is 0 Å². The summed E-state index contributed by atoms with van der Waals surface area (Å²) >= 11 is 0. The number of nitrogens with one attached hydrogen (secondary N) is 1. The van der Waals surface area contributed by atoms with Crippen LogP contribution in [-0.4, -0.2) is 35.2 Å². The van der Waals surface area contributed by atoms with E-state index in [2.05, 4.69) is 16.0 Å². The zero-order chi connectivity index (χ0) is 15.8. The van der Waals surface area contributed by atoms with Crippen molar-refractivity contribution in [3.63, 3.8) is 0 Å². The topological polar surface area (TPSA) is 56.2 Å². The fraction of sp³-hybridized carbons (Fsp3) is 0.529. The van der Waals surface area contributed by atoms with Gasteiger partial charge in [0.05, 0.1) is 17.6 Å². The first kappa shape index (κ1) is 16.5. The van der Waals surface area contributed by atoms with Gasteiger partial charge in [-0.3, -0.25) is 4.79 Å². The maximum Gasteiger partial charge on any atom is 0.219 e. The normalized spacial score (nSPS) is 11.0. The van der Waals surface area contributed by atoms with Crippen molar-refractivity contribution in [1.82, 2.24) is 14.9 Å².